The van der Waals surface area contributed by atoms with Gasteiger partial charge < -0.3 is 8.92 Å². The maximum absolute atomic E-state index is 12.2. The van der Waals surface area contributed by atoms with Gasteiger partial charge in [0.15, 0.2) is 0 Å². The summed E-state index contributed by atoms with van der Waals surface area (Å²) in [4.78, 5) is -0.162. The van der Waals surface area contributed by atoms with Crippen molar-refractivity contribution < 1.29 is 17.3 Å². The normalized spacial score (nSPS) is 11.4. The Bertz CT molecular complexity index is 743. The topological polar surface area (TPSA) is 52.6 Å². The molecule has 22 heavy (non-hydrogen) atoms. The highest BCUT2D eigenvalue weighted by atomic mass is 35.5. The van der Waals surface area contributed by atoms with Crippen molar-refractivity contribution in [1.29, 1.82) is 0 Å². The van der Waals surface area contributed by atoms with Crippen LogP contribution in [0.4, 0.5) is 0 Å². The summed E-state index contributed by atoms with van der Waals surface area (Å²) in [6.45, 7) is 0.594. The first-order chi connectivity index (χ1) is 10.4. The lowest BCUT2D eigenvalue weighted by molar-refractivity contribution is 0.202. The second kappa shape index (κ2) is 7.33. The molecule has 2 rings (SSSR count). The molecule has 0 spiro atoms. The first-order valence-corrected chi connectivity index (χ1v) is 8.57. The average molecular weight is 361 g/mol. The Morgan fingerprint density at radius 1 is 1.05 bits per heavy atom. The molecule has 0 amide bonds. The van der Waals surface area contributed by atoms with E-state index >= 15 is 0 Å². The van der Waals surface area contributed by atoms with Gasteiger partial charge in [0, 0.05) is 7.11 Å². The number of benzene rings is 2. The molecule has 0 aliphatic heterocycles. The van der Waals surface area contributed by atoms with Crippen molar-refractivity contribution in [3.8, 4) is 5.75 Å². The van der Waals surface area contributed by atoms with Crippen molar-refractivity contribution in [2.75, 3.05) is 13.7 Å². The number of ether oxygens (including phenoxy) is 1. The number of hydrogen-bond donors (Lipinski definition) is 0. The summed E-state index contributed by atoms with van der Waals surface area (Å²) >= 11 is 11.7. The molecule has 0 aliphatic rings. The fourth-order valence-corrected chi connectivity index (χ4v) is 3.45. The van der Waals surface area contributed by atoms with Gasteiger partial charge >= 0.3 is 10.1 Å². The molecule has 0 fully saturated rings. The summed E-state index contributed by atoms with van der Waals surface area (Å²) in [7, 11) is -2.41. The van der Waals surface area contributed by atoms with Gasteiger partial charge in [0.25, 0.3) is 0 Å². The maximum Gasteiger partial charge on any atom is 0.340 e. The van der Waals surface area contributed by atoms with Crippen LogP contribution < -0.4 is 4.18 Å². The monoisotopic (exact) mass is 360 g/mol. The van der Waals surface area contributed by atoms with Crippen LogP contribution in [0.5, 0.6) is 5.75 Å². The molecule has 2 aromatic carbocycles. The minimum absolute atomic E-state index is 0.0547. The highest BCUT2D eigenvalue weighted by molar-refractivity contribution is 7.87. The Morgan fingerprint density at radius 2 is 1.73 bits per heavy atom. The van der Waals surface area contributed by atoms with Gasteiger partial charge in [0.2, 0.25) is 0 Å². The van der Waals surface area contributed by atoms with Crippen molar-refractivity contribution in [2.24, 2.45) is 0 Å². The summed E-state index contributed by atoms with van der Waals surface area (Å²) in [5.74, 6) is 0.206. The van der Waals surface area contributed by atoms with Crippen LogP contribution in [0.3, 0.4) is 0 Å². The molecule has 4 nitrogen and oxygen atoms in total. The third kappa shape index (κ3) is 4.14. The Balaban J connectivity index is 2.20. The molecule has 0 radical (unpaired) electrons. The van der Waals surface area contributed by atoms with Crippen LogP contribution in [-0.4, -0.2) is 22.1 Å². The van der Waals surface area contributed by atoms with Crippen molar-refractivity contribution in [1.82, 2.24) is 0 Å². The lowest BCUT2D eigenvalue weighted by Crippen LogP contribution is -2.10. The Hall–Kier alpha value is -1.27. The highest BCUT2D eigenvalue weighted by Gasteiger charge is 2.21. The Kier molecular flexibility index (Phi) is 5.69. The van der Waals surface area contributed by atoms with Gasteiger partial charge in [0.1, 0.15) is 10.6 Å². The molecule has 0 aromatic heterocycles. The zero-order chi connectivity index (χ0) is 16.2. The van der Waals surface area contributed by atoms with Crippen LogP contribution in [0.15, 0.2) is 47.4 Å². The summed E-state index contributed by atoms with van der Waals surface area (Å²) < 4.78 is 34.6. The molecule has 118 valence electrons. The first-order valence-electron chi connectivity index (χ1n) is 6.40. The van der Waals surface area contributed by atoms with Crippen molar-refractivity contribution in [3.05, 3.63) is 58.1 Å². The van der Waals surface area contributed by atoms with E-state index in [2.05, 4.69) is 0 Å². The van der Waals surface area contributed by atoms with E-state index in [1.165, 1.54) is 18.2 Å². The predicted molar refractivity (Wildman–Crippen MR) is 86.3 cm³/mol. The molecule has 0 N–H and O–H groups in total. The van der Waals surface area contributed by atoms with E-state index in [9.17, 15) is 8.42 Å². The summed E-state index contributed by atoms with van der Waals surface area (Å²) in [5, 5.41) is 0.0992. The third-order valence-corrected chi connectivity index (χ3v) is 5.13. The quantitative estimate of drug-likeness (QED) is 0.731. The van der Waals surface area contributed by atoms with Crippen LogP contribution in [-0.2, 0) is 21.3 Å². The second-order valence-corrected chi connectivity index (χ2v) is 6.78. The largest absolute Gasteiger partial charge is 0.384 e. The molecule has 0 saturated carbocycles. The van der Waals surface area contributed by atoms with Gasteiger partial charge in [-0.3, -0.25) is 0 Å². The van der Waals surface area contributed by atoms with E-state index in [0.717, 1.165) is 12.0 Å². The van der Waals surface area contributed by atoms with Gasteiger partial charge in [-0.15, -0.1) is 0 Å². The third-order valence-electron chi connectivity index (χ3n) is 2.91. The van der Waals surface area contributed by atoms with Crippen LogP contribution in [0.1, 0.15) is 5.56 Å². The molecule has 2 aromatic rings. The first kappa shape index (κ1) is 17.1. The van der Waals surface area contributed by atoms with Crippen LogP contribution in [0.25, 0.3) is 0 Å². The average Bonchev–Trinajstić information content (AvgIpc) is 2.49. The van der Waals surface area contributed by atoms with E-state index in [1.54, 1.807) is 31.4 Å². The van der Waals surface area contributed by atoms with Crippen molar-refractivity contribution in [3.63, 3.8) is 0 Å². The summed E-state index contributed by atoms with van der Waals surface area (Å²) in [6, 6.07) is 11.1. The summed E-state index contributed by atoms with van der Waals surface area (Å²) in [6.07, 6.45) is 0.740. The fraction of sp³-hybridized carbons (Fsp3) is 0.200. The van der Waals surface area contributed by atoms with Crippen LogP contribution in [0.2, 0.25) is 10.0 Å². The number of rotatable bonds is 6. The van der Waals surface area contributed by atoms with E-state index in [-0.39, 0.29) is 20.7 Å². The molecule has 0 heterocycles. The van der Waals surface area contributed by atoms with Gasteiger partial charge in [-0.1, -0.05) is 41.4 Å². The molecule has 0 bridgehead atoms. The smallest absolute Gasteiger partial charge is 0.340 e. The minimum Gasteiger partial charge on any atom is -0.384 e. The van der Waals surface area contributed by atoms with Crippen LogP contribution >= 0.6 is 23.2 Å². The SMILES string of the molecule is COCCc1ccc(OS(=O)(=O)c2cccc(Cl)c2Cl)cc1. The highest BCUT2D eigenvalue weighted by Crippen LogP contribution is 2.30. The second-order valence-electron chi connectivity index (χ2n) is 4.48. The number of methoxy groups -OCH3 is 1. The lowest BCUT2D eigenvalue weighted by atomic mass is 10.1. The Morgan fingerprint density at radius 3 is 2.36 bits per heavy atom. The van der Waals surface area contributed by atoms with Gasteiger partial charge in [-0.05, 0) is 36.2 Å². The van der Waals surface area contributed by atoms with Crippen LogP contribution in [0, 0.1) is 0 Å². The van der Waals surface area contributed by atoms with E-state index < -0.39 is 10.1 Å². The zero-order valence-corrected chi connectivity index (χ0v) is 14.1. The summed E-state index contributed by atoms with van der Waals surface area (Å²) in [5.41, 5.74) is 1.02. The zero-order valence-electron chi connectivity index (χ0n) is 11.8. The molecule has 0 aliphatic carbocycles. The molecular weight excluding hydrogens is 347 g/mol. The van der Waals surface area contributed by atoms with E-state index in [0.29, 0.717) is 6.61 Å². The molecule has 0 unspecified atom stereocenters. The Labute approximate surface area is 139 Å². The van der Waals surface area contributed by atoms with Crippen molar-refractivity contribution in [2.45, 2.75) is 11.3 Å². The predicted octanol–water partition coefficient (Wildman–Crippen LogP) is 3.95. The number of halogens is 2. The standard InChI is InChI=1S/C15H14Cl2O4S/c1-20-10-9-11-5-7-12(8-6-11)21-22(18,19)14-4-2-3-13(16)15(14)17/h2-8H,9-10H2,1H3. The number of hydrogen-bond acceptors (Lipinski definition) is 4. The molecule has 7 heteroatoms. The molecular formula is C15H14Cl2O4S. The molecule has 0 atom stereocenters. The maximum atomic E-state index is 12.2. The molecule has 0 saturated heterocycles. The lowest BCUT2D eigenvalue weighted by Gasteiger charge is -2.09. The van der Waals surface area contributed by atoms with E-state index in [4.69, 9.17) is 32.1 Å². The van der Waals surface area contributed by atoms with Crippen molar-refractivity contribution >= 4 is 33.3 Å². The minimum atomic E-state index is -4.04. The van der Waals surface area contributed by atoms with E-state index in [1.807, 2.05) is 0 Å². The van der Waals surface area contributed by atoms with Gasteiger partial charge in [-0.2, -0.15) is 8.42 Å². The van der Waals surface area contributed by atoms with Gasteiger partial charge in [0.05, 0.1) is 16.7 Å². The van der Waals surface area contributed by atoms with Gasteiger partial charge in [-0.25, -0.2) is 0 Å². The fourth-order valence-electron chi connectivity index (χ4n) is 1.78.